The Bertz CT molecular complexity index is 2320. The number of para-hydroxylation sites is 1. The summed E-state index contributed by atoms with van der Waals surface area (Å²) in [6, 6.07) is -3.62. The normalized spacial score (nSPS) is 16.6. The van der Waals surface area contributed by atoms with Crippen molar-refractivity contribution in [2.24, 2.45) is 34.0 Å². The van der Waals surface area contributed by atoms with Gasteiger partial charge in [-0.1, -0.05) is 45.9 Å². The number of rotatable bonds is 29. The Morgan fingerprint density at radius 3 is 2.04 bits per heavy atom. The molecule has 3 rings (SSSR count). The van der Waals surface area contributed by atoms with Crippen molar-refractivity contribution < 1.29 is 63.3 Å². The third kappa shape index (κ3) is 18.8. The van der Waals surface area contributed by atoms with Crippen molar-refractivity contribution in [2.75, 3.05) is 25.4 Å². The molecule has 0 spiro atoms. The topological polar surface area (TPSA) is 425 Å². The van der Waals surface area contributed by atoms with Crippen molar-refractivity contribution in [1.82, 2.24) is 47.1 Å². The second-order valence-electron chi connectivity index (χ2n) is 18.5. The summed E-state index contributed by atoms with van der Waals surface area (Å²) < 4.78 is 0. The van der Waals surface area contributed by atoms with Gasteiger partial charge in [0.15, 0.2) is 5.96 Å². The number of fused-ring (bicyclic) bond motifs is 1. The van der Waals surface area contributed by atoms with Crippen molar-refractivity contribution in [1.29, 1.82) is 0 Å². The van der Waals surface area contributed by atoms with Gasteiger partial charge in [-0.3, -0.25) is 48.1 Å². The zero-order valence-electron chi connectivity index (χ0n) is 41.5. The Labute approximate surface area is 427 Å². The van der Waals surface area contributed by atoms with Crippen LogP contribution in [0, 0.1) is 11.8 Å². The van der Waals surface area contributed by atoms with E-state index in [4.69, 9.17) is 17.2 Å². The number of aliphatic hydroxyl groups excluding tert-OH is 1. The van der Waals surface area contributed by atoms with Crippen LogP contribution >= 0.6 is 12.6 Å². The highest BCUT2D eigenvalue weighted by Gasteiger charge is 2.40. The number of carboxylic acids is 2. The Morgan fingerprint density at radius 2 is 1.44 bits per heavy atom. The van der Waals surface area contributed by atoms with Gasteiger partial charge in [-0.2, -0.15) is 12.6 Å². The number of aliphatic hydroxyl groups is 1. The van der Waals surface area contributed by atoms with E-state index >= 15 is 0 Å². The number of nitrogens with two attached hydrogens (primary N) is 3. The second kappa shape index (κ2) is 28.9. The van der Waals surface area contributed by atoms with Gasteiger partial charge >= 0.3 is 11.9 Å². The Kier molecular flexibility index (Phi) is 23.9. The number of nitrogens with one attached hydrogen (secondary N) is 8. The van der Waals surface area contributed by atoms with Gasteiger partial charge < -0.3 is 79.6 Å². The molecule has 1 saturated heterocycles. The van der Waals surface area contributed by atoms with Crippen LogP contribution < -0.4 is 54.4 Å². The number of carboxylic acid groups (broad SMARTS) is 2. The van der Waals surface area contributed by atoms with E-state index in [-0.39, 0.29) is 62.8 Å². The summed E-state index contributed by atoms with van der Waals surface area (Å²) in [7, 11) is 0. The summed E-state index contributed by atoms with van der Waals surface area (Å²) >= 11 is 4.26. The molecule has 0 unspecified atom stereocenters. The summed E-state index contributed by atoms with van der Waals surface area (Å²) in [5, 5.41) is 47.4. The highest BCUT2D eigenvalue weighted by Crippen LogP contribution is 2.21. The molecule has 0 bridgehead atoms. The van der Waals surface area contributed by atoms with Crippen LogP contribution in [0.5, 0.6) is 0 Å². The van der Waals surface area contributed by atoms with E-state index in [9.17, 15) is 63.3 Å². The average molecular weight is 1050 g/mol. The van der Waals surface area contributed by atoms with Crippen LogP contribution in [0.4, 0.5) is 0 Å². The van der Waals surface area contributed by atoms with Crippen LogP contribution in [0.2, 0.25) is 0 Å². The number of nitrogens with zero attached hydrogens (tertiary/aromatic N) is 2. The van der Waals surface area contributed by atoms with Crippen LogP contribution in [-0.2, 0) is 54.4 Å². The number of hydrogen-bond donors (Lipinski definition) is 15. The Morgan fingerprint density at radius 1 is 0.808 bits per heavy atom. The van der Waals surface area contributed by atoms with Gasteiger partial charge in [-0.25, -0.2) is 4.79 Å². The lowest BCUT2D eigenvalue weighted by Crippen LogP contribution is -2.60. The summed E-state index contributed by atoms with van der Waals surface area (Å²) in [4.78, 5) is 140. The van der Waals surface area contributed by atoms with Crippen molar-refractivity contribution in [3.8, 4) is 0 Å². The van der Waals surface area contributed by atoms with E-state index < -0.39 is 133 Å². The number of benzene rings is 1. The molecule has 9 atom stereocenters. The van der Waals surface area contributed by atoms with Crippen molar-refractivity contribution in [3.63, 3.8) is 0 Å². The summed E-state index contributed by atoms with van der Waals surface area (Å²) in [5.41, 5.74) is 17.9. The molecule has 1 aliphatic heterocycles. The number of amides is 8. The van der Waals surface area contributed by atoms with Gasteiger partial charge in [0.2, 0.25) is 47.3 Å². The number of aromatic nitrogens is 1. The van der Waals surface area contributed by atoms with E-state index in [0.717, 1.165) is 10.9 Å². The first-order valence-corrected chi connectivity index (χ1v) is 24.5. The molecule has 0 radical (unpaired) electrons. The van der Waals surface area contributed by atoms with Crippen LogP contribution in [0.1, 0.15) is 78.7 Å². The van der Waals surface area contributed by atoms with E-state index in [2.05, 4.69) is 59.8 Å². The maximum absolute atomic E-state index is 13.9. The number of likely N-dealkylation sites (tertiary alicyclic amines) is 1. The van der Waals surface area contributed by atoms with E-state index in [1.54, 1.807) is 44.3 Å². The first-order valence-electron chi connectivity index (χ1n) is 23.8. The highest BCUT2D eigenvalue weighted by molar-refractivity contribution is 7.80. The fourth-order valence-electron chi connectivity index (χ4n) is 7.88. The predicted octanol–water partition coefficient (Wildman–Crippen LogP) is -3.32. The number of guanidine groups is 1. The van der Waals surface area contributed by atoms with Crippen molar-refractivity contribution >= 4 is 88.7 Å². The molecule has 73 heavy (non-hydrogen) atoms. The summed E-state index contributed by atoms with van der Waals surface area (Å²) in [6.07, 6.45) is 0.100. The number of aliphatic imine (C=N–C) groups is 1. The molecule has 1 aromatic heterocycles. The Balaban J connectivity index is 1.69. The zero-order chi connectivity index (χ0) is 54.7. The molecule has 1 aliphatic rings. The van der Waals surface area contributed by atoms with Crippen LogP contribution in [0.3, 0.4) is 0 Å². The minimum Gasteiger partial charge on any atom is -0.481 e. The van der Waals surface area contributed by atoms with E-state index in [0.29, 0.717) is 12.0 Å². The van der Waals surface area contributed by atoms with E-state index in [1.807, 2.05) is 13.8 Å². The number of hydrogen-bond acceptors (Lipinski definition) is 14. The largest absolute Gasteiger partial charge is 0.481 e. The molecule has 8 amide bonds. The first-order chi connectivity index (χ1) is 34.3. The molecule has 2 aromatic rings. The quantitative estimate of drug-likeness (QED) is 0.0164. The minimum atomic E-state index is -1.79. The fraction of sp³-hybridized carbons (Fsp3) is 0.587. The molecule has 27 heteroatoms. The zero-order valence-corrected chi connectivity index (χ0v) is 42.4. The molecule has 17 N–H and O–H groups in total. The third-order valence-corrected chi connectivity index (χ3v) is 12.2. The average Bonchev–Trinajstić information content (AvgIpc) is 3.98. The van der Waals surface area contributed by atoms with Gasteiger partial charge in [0, 0.05) is 42.4 Å². The lowest BCUT2D eigenvalue weighted by atomic mass is 10.0. The molecule has 0 saturated carbocycles. The lowest BCUT2D eigenvalue weighted by molar-refractivity contribution is -0.143. The number of thiol groups is 1. The highest BCUT2D eigenvalue weighted by atomic mass is 32.1. The van der Waals surface area contributed by atoms with Gasteiger partial charge in [-0.15, -0.1) is 0 Å². The Hall–Kier alpha value is -7.00. The monoisotopic (exact) mass is 1050 g/mol. The SMILES string of the molecule is CC(C)C[C@H](NC(=O)[C@@H](N)[C@@H](C)O)C(=O)N[C@@H](CS)C(=O)N1CCC[C@H]1C(=O)N[C@H](C(=O)N[C@@H](CC(=O)O)C(=O)NCC(=O)N[C@@H](CCCN=C(N)N)C(=O)N[C@@H](Cc1c[nH]c2ccccc12)C(=O)O)C(C)C. The van der Waals surface area contributed by atoms with Gasteiger partial charge in [0.1, 0.15) is 48.3 Å². The minimum absolute atomic E-state index is 0.0455. The number of H-pyrrole nitrogens is 1. The smallest absolute Gasteiger partial charge is 0.326 e. The number of carbonyl (C=O) groups excluding carboxylic acids is 8. The fourth-order valence-corrected chi connectivity index (χ4v) is 8.13. The maximum Gasteiger partial charge on any atom is 0.326 e. The molecule has 404 valence electrons. The third-order valence-electron chi connectivity index (χ3n) is 11.8. The maximum atomic E-state index is 13.9. The number of carbonyl (C=O) groups is 10. The number of aliphatic carboxylic acids is 2. The first kappa shape index (κ1) is 60.3. The van der Waals surface area contributed by atoms with Gasteiger partial charge in [0.25, 0.3) is 0 Å². The van der Waals surface area contributed by atoms with Crippen LogP contribution in [0.15, 0.2) is 35.5 Å². The second-order valence-corrected chi connectivity index (χ2v) is 18.9. The molecular formula is C46H71N13O13S. The molecule has 1 aromatic carbocycles. The molecular weight excluding hydrogens is 975 g/mol. The van der Waals surface area contributed by atoms with Gasteiger partial charge in [0.05, 0.1) is 19.1 Å². The molecule has 0 aliphatic carbocycles. The summed E-state index contributed by atoms with van der Waals surface area (Å²) in [6.45, 7) is 7.38. The van der Waals surface area contributed by atoms with E-state index in [1.165, 1.54) is 11.8 Å². The van der Waals surface area contributed by atoms with Crippen molar-refractivity contribution in [2.45, 2.75) is 134 Å². The number of aromatic amines is 1. The molecule has 26 nitrogen and oxygen atoms in total. The summed E-state index contributed by atoms with van der Waals surface area (Å²) in [5.74, 6) is -10.9. The lowest BCUT2D eigenvalue weighted by Gasteiger charge is -2.31. The predicted molar refractivity (Wildman–Crippen MR) is 269 cm³/mol. The van der Waals surface area contributed by atoms with Crippen LogP contribution in [-0.4, -0.2) is 170 Å². The van der Waals surface area contributed by atoms with Gasteiger partial charge in [-0.05, 0) is 62.5 Å². The standard InChI is InChI=1S/C46H71N13O13S/c1-22(2)16-29(54-42(68)36(47)24(5)60)40(66)57-32(21-73)44(70)59-15-9-13-33(59)41(67)58-37(23(3)4)43(69)55-30(18-35(62)63)38(64)52-20-34(61)53-28(12-8-14-50-46(48)49)39(65)56-31(45(71)72)17-25-19-51-27-11-7-6-10-26(25)27/h6-7,10-11,19,22-24,28-33,36-37,51,60,73H,8-9,12-18,20-21,47H2,1-5H3,(H,52,64)(H,53,61)(H,54,68)(H,55,69)(H,56,65)(H,57,66)(H,58,67)(H,62,63)(H,71,72)(H4,48,49,50)/t24-,28+,29+,30+,31+,32+,33+,36+,37+/m1/s1. The van der Waals surface area contributed by atoms with Crippen LogP contribution in [0.25, 0.3) is 10.9 Å². The van der Waals surface area contributed by atoms with Crippen molar-refractivity contribution in [3.05, 3.63) is 36.0 Å². The molecule has 2 heterocycles. The molecule has 1 fully saturated rings.